The Labute approximate surface area is 164 Å². The minimum absolute atomic E-state index is 0.139. The van der Waals surface area contributed by atoms with Gasteiger partial charge in [0.2, 0.25) is 5.91 Å². The van der Waals surface area contributed by atoms with Gasteiger partial charge < -0.3 is 5.32 Å². The van der Waals surface area contributed by atoms with Crippen molar-refractivity contribution in [2.75, 3.05) is 29.9 Å². The van der Waals surface area contributed by atoms with Crippen LogP contribution in [-0.2, 0) is 11.3 Å². The number of carbonyl (C=O) groups excluding carboxylic acids is 1. The number of thioether (sulfide) groups is 1. The molecule has 0 aliphatic carbocycles. The molecule has 3 nitrogen and oxygen atoms in total. The van der Waals surface area contributed by atoms with Crippen LogP contribution in [0.3, 0.4) is 0 Å². The van der Waals surface area contributed by atoms with Crippen LogP contribution in [0.15, 0.2) is 48.5 Å². The molecule has 0 atom stereocenters. The van der Waals surface area contributed by atoms with E-state index in [1.807, 2.05) is 43.0 Å². The fourth-order valence-corrected chi connectivity index (χ4v) is 4.05. The lowest BCUT2D eigenvalue weighted by Gasteiger charge is -2.26. The quantitative estimate of drug-likeness (QED) is 0.745. The monoisotopic (exact) mass is 386 g/mol. The van der Waals surface area contributed by atoms with Gasteiger partial charge in [-0.05, 0) is 47.9 Å². The highest BCUT2D eigenvalue weighted by Crippen LogP contribution is 2.20. The summed E-state index contributed by atoms with van der Waals surface area (Å²) in [5.74, 6) is 2.26. The van der Waals surface area contributed by atoms with E-state index in [4.69, 9.17) is 11.6 Å². The predicted octanol–water partition coefficient (Wildman–Crippen LogP) is 4.85. The maximum atomic E-state index is 12.3. The maximum absolute atomic E-state index is 12.3. The molecule has 1 amide bonds. The second-order valence-electron chi connectivity index (χ2n) is 6.42. The van der Waals surface area contributed by atoms with E-state index >= 15 is 0 Å². The van der Waals surface area contributed by atoms with E-state index in [-0.39, 0.29) is 5.91 Å². The Morgan fingerprint density at radius 3 is 2.81 bits per heavy atom. The zero-order chi connectivity index (χ0) is 18.4. The molecule has 1 aliphatic rings. The van der Waals surface area contributed by atoms with Gasteiger partial charge in [-0.15, -0.1) is 0 Å². The van der Waals surface area contributed by atoms with Crippen molar-refractivity contribution in [3.05, 3.63) is 70.3 Å². The van der Waals surface area contributed by atoms with Crippen molar-refractivity contribution >= 4 is 41.0 Å². The van der Waals surface area contributed by atoms with Gasteiger partial charge >= 0.3 is 0 Å². The van der Waals surface area contributed by atoms with Crippen LogP contribution in [0.2, 0.25) is 5.02 Å². The van der Waals surface area contributed by atoms with E-state index in [2.05, 4.69) is 28.4 Å². The summed E-state index contributed by atoms with van der Waals surface area (Å²) in [6.45, 7) is 5.20. The number of aryl methyl sites for hydroxylation is 1. The third kappa shape index (κ3) is 5.63. The number of nitrogens with zero attached hydrogens (tertiary/aromatic N) is 1. The molecule has 2 aromatic carbocycles. The molecule has 0 bridgehead atoms. The number of hydrogen-bond donors (Lipinski definition) is 1. The smallest absolute Gasteiger partial charge is 0.248 e. The molecule has 2 aromatic rings. The Morgan fingerprint density at radius 1 is 1.23 bits per heavy atom. The molecular formula is C21H23ClN2OS. The first-order chi connectivity index (χ1) is 12.6. The summed E-state index contributed by atoms with van der Waals surface area (Å²) in [5, 5.41) is 3.65. The molecule has 0 unspecified atom stereocenters. The summed E-state index contributed by atoms with van der Waals surface area (Å²) in [7, 11) is 0. The molecule has 0 aromatic heterocycles. The summed E-state index contributed by atoms with van der Waals surface area (Å²) in [4.78, 5) is 14.7. The minimum atomic E-state index is -0.139. The molecule has 0 spiro atoms. The van der Waals surface area contributed by atoms with Gasteiger partial charge in [0.05, 0.1) is 0 Å². The first-order valence-electron chi connectivity index (χ1n) is 8.74. The van der Waals surface area contributed by atoms with E-state index in [1.54, 1.807) is 12.2 Å². The lowest BCUT2D eigenvalue weighted by Crippen LogP contribution is -2.31. The van der Waals surface area contributed by atoms with Gasteiger partial charge in [0, 0.05) is 47.9 Å². The molecule has 0 saturated carbocycles. The van der Waals surface area contributed by atoms with E-state index in [1.165, 1.54) is 17.1 Å². The summed E-state index contributed by atoms with van der Waals surface area (Å²) in [6, 6.07) is 13.7. The van der Waals surface area contributed by atoms with Crippen LogP contribution in [0.5, 0.6) is 0 Å². The SMILES string of the molecule is Cc1ccc(CN2CCSCC2)cc1NC(=O)/C=C/c1cccc(Cl)c1. The number of carbonyl (C=O) groups is 1. The lowest BCUT2D eigenvalue weighted by atomic mass is 10.1. The number of hydrogen-bond acceptors (Lipinski definition) is 3. The fourth-order valence-electron chi connectivity index (χ4n) is 2.88. The number of rotatable bonds is 5. The highest BCUT2D eigenvalue weighted by atomic mass is 35.5. The molecule has 1 N–H and O–H groups in total. The van der Waals surface area contributed by atoms with Gasteiger partial charge in [-0.25, -0.2) is 0 Å². The first kappa shape index (κ1) is 19.0. The second kappa shape index (κ2) is 9.26. The van der Waals surface area contributed by atoms with E-state index in [0.29, 0.717) is 5.02 Å². The number of halogens is 1. The molecule has 1 fully saturated rings. The highest BCUT2D eigenvalue weighted by molar-refractivity contribution is 7.99. The van der Waals surface area contributed by atoms with Crippen LogP contribution in [0.4, 0.5) is 5.69 Å². The molecule has 1 aliphatic heterocycles. The van der Waals surface area contributed by atoms with Crippen molar-refractivity contribution in [3.63, 3.8) is 0 Å². The molecule has 5 heteroatoms. The number of anilines is 1. The Hall–Kier alpha value is -1.75. The summed E-state index contributed by atoms with van der Waals surface area (Å²) < 4.78 is 0. The van der Waals surface area contributed by atoms with Crippen LogP contribution < -0.4 is 5.32 Å². The Kier molecular flexibility index (Phi) is 6.78. The highest BCUT2D eigenvalue weighted by Gasteiger charge is 2.11. The van der Waals surface area contributed by atoms with Crippen molar-refractivity contribution in [2.24, 2.45) is 0 Å². The molecular weight excluding hydrogens is 364 g/mol. The van der Waals surface area contributed by atoms with Crippen molar-refractivity contribution in [2.45, 2.75) is 13.5 Å². The summed E-state index contributed by atoms with van der Waals surface area (Å²) in [5.41, 5.74) is 4.07. The lowest BCUT2D eigenvalue weighted by molar-refractivity contribution is -0.111. The van der Waals surface area contributed by atoms with Gasteiger partial charge in [0.15, 0.2) is 0 Å². The third-order valence-corrected chi connectivity index (χ3v) is 5.52. The molecule has 3 rings (SSSR count). The third-order valence-electron chi connectivity index (χ3n) is 4.35. The van der Waals surface area contributed by atoms with Crippen LogP contribution in [0.25, 0.3) is 6.08 Å². The standard InChI is InChI=1S/C21H23ClN2OS/c1-16-5-6-18(15-24-9-11-26-12-10-24)14-20(16)23-21(25)8-7-17-3-2-4-19(22)13-17/h2-8,13-14H,9-12,15H2,1H3,(H,23,25)/b8-7+. The van der Waals surface area contributed by atoms with Crippen LogP contribution in [0, 0.1) is 6.92 Å². The van der Waals surface area contributed by atoms with E-state index in [0.717, 1.165) is 36.4 Å². The predicted molar refractivity (Wildman–Crippen MR) is 113 cm³/mol. The van der Waals surface area contributed by atoms with Gasteiger partial charge in [0.1, 0.15) is 0 Å². The second-order valence-corrected chi connectivity index (χ2v) is 8.08. The minimum Gasteiger partial charge on any atom is -0.322 e. The van der Waals surface area contributed by atoms with E-state index in [9.17, 15) is 4.79 Å². The largest absolute Gasteiger partial charge is 0.322 e. The van der Waals surface area contributed by atoms with Crippen molar-refractivity contribution < 1.29 is 4.79 Å². The zero-order valence-corrected chi connectivity index (χ0v) is 16.4. The normalized spacial score (nSPS) is 15.3. The number of amides is 1. The molecule has 1 heterocycles. The summed E-state index contributed by atoms with van der Waals surface area (Å²) in [6.07, 6.45) is 3.31. The molecule has 26 heavy (non-hydrogen) atoms. The average Bonchev–Trinajstić information content (AvgIpc) is 2.64. The van der Waals surface area contributed by atoms with Crippen LogP contribution in [0.1, 0.15) is 16.7 Å². The van der Waals surface area contributed by atoms with Crippen LogP contribution >= 0.6 is 23.4 Å². The van der Waals surface area contributed by atoms with Crippen molar-refractivity contribution in [1.82, 2.24) is 4.90 Å². The zero-order valence-electron chi connectivity index (χ0n) is 14.9. The fraction of sp³-hybridized carbons (Fsp3) is 0.286. The van der Waals surface area contributed by atoms with Gasteiger partial charge in [0.25, 0.3) is 0 Å². The van der Waals surface area contributed by atoms with Crippen molar-refractivity contribution in [3.8, 4) is 0 Å². The van der Waals surface area contributed by atoms with Gasteiger partial charge in [-0.3, -0.25) is 9.69 Å². The number of nitrogens with one attached hydrogen (secondary N) is 1. The number of benzene rings is 2. The van der Waals surface area contributed by atoms with Crippen molar-refractivity contribution in [1.29, 1.82) is 0 Å². The molecule has 0 radical (unpaired) electrons. The van der Waals surface area contributed by atoms with Gasteiger partial charge in [-0.1, -0.05) is 35.9 Å². The average molecular weight is 387 g/mol. The Balaban J connectivity index is 1.64. The summed E-state index contributed by atoms with van der Waals surface area (Å²) >= 11 is 7.98. The topological polar surface area (TPSA) is 32.3 Å². The van der Waals surface area contributed by atoms with Gasteiger partial charge in [-0.2, -0.15) is 11.8 Å². The van der Waals surface area contributed by atoms with Crippen LogP contribution in [-0.4, -0.2) is 35.4 Å². The molecule has 1 saturated heterocycles. The Bertz CT molecular complexity index is 800. The first-order valence-corrected chi connectivity index (χ1v) is 10.3. The Morgan fingerprint density at radius 2 is 2.04 bits per heavy atom. The van der Waals surface area contributed by atoms with E-state index < -0.39 is 0 Å². The maximum Gasteiger partial charge on any atom is 0.248 e. The molecule has 136 valence electrons.